The van der Waals surface area contributed by atoms with Crippen molar-refractivity contribution < 1.29 is 9.90 Å². The highest BCUT2D eigenvalue weighted by molar-refractivity contribution is 5.84. The standard InChI is InChI=1S/C11H15NO2/c1-7-4-5-9(8(2)6-7)11(3,14)10(12)13/h4-6,14H,1-3H3,(H2,12,13). The molecule has 3 N–H and O–H groups in total. The fraction of sp³-hybridized carbons (Fsp3) is 0.364. The first-order valence-corrected chi connectivity index (χ1v) is 4.45. The van der Waals surface area contributed by atoms with Crippen LogP contribution in [0, 0.1) is 13.8 Å². The van der Waals surface area contributed by atoms with Gasteiger partial charge in [0.25, 0.3) is 5.91 Å². The number of carbonyl (C=O) groups is 1. The Labute approximate surface area is 83.6 Å². The van der Waals surface area contributed by atoms with E-state index in [0.29, 0.717) is 5.56 Å². The highest BCUT2D eigenvalue weighted by Gasteiger charge is 2.31. The molecule has 14 heavy (non-hydrogen) atoms. The van der Waals surface area contributed by atoms with E-state index in [1.165, 1.54) is 6.92 Å². The summed E-state index contributed by atoms with van der Waals surface area (Å²) in [6, 6.07) is 5.49. The van der Waals surface area contributed by atoms with Gasteiger partial charge in [-0.1, -0.05) is 23.8 Å². The summed E-state index contributed by atoms with van der Waals surface area (Å²) >= 11 is 0. The van der Waals surface area contributed by atoms with Crippen LogP contribution < -0.4 is 5.73 Å². The number of carbonyl (C=O) groups excluding carboxylic acids is 1. The topological polar surface area (TPSA) is 63.3 Å². The van der Waals surface area contributed by atoms with Crippen LogP contribution in [0.25, 0.3) is 0 Å². The molecule has 1 aromatic carbocycles. The normalized spacial score (nSPS) is 14.9. The summed E-state index contributed by atoms with van der Waals surface area (Å²) in [7, 11) is 0. The van der Waals surface area contributed by atoms with Gasteiger partial charge in [0.15, 0.2) is 5.60 Å². The number of hydrogen-bond acceptors (Lipinski definition) is 2. The summed E-state index contributed by atoms with van der Waals surface area (Å²) in [6.45, 7) is 5.21. The quantitative estimate of drug-likeness (QED) is 0.735. The van der Waals surface area contributed by atoms with Crippen LogP contribution in [0.5, 0.6) is 0 Å². The molecule has 0 spiro atoms. The van der Waals surface area contributed by atoms with Crippen molar-refractivity contribution in [2.75, 3.05) is 0 Å². The van der Waals surface area contributed by atoms with Crippen molar-refractivity contribution in [3.8, 4) is 0 Å². The van der Waals surface area contributed by atoms with E-state index < -0.39 is 11.5 Å². The fourth-order valence-corrected chi connectivity index (χ4v) is 1.49. The Hall–Kier alpha value is -1.35. The number of aryl methyl sites for hydroxylation is 2. The molecule has 0 aromatic heterocycles. The van der Waals surface area contributed by atoms with E-state index in [2.05, 4.69) is 0 Å². The molecule has 0 radical (unpaired) electrons. The number of nitrogens with two attached hydrogens (primary N) is 1. The van der Waals surface area contributed by atoms with E-state index in [-0.39, 0.29) is 0 Å². The van der Waals surface area contributed by atoms with Gasteiger partial charge in [-0.25, -0.2) is 0 Å². The molecule has 0 fully saturated rings. The molecule has 1 amide bonds. The highest BCUT2D eigenvalue weighted by Crippen LogP contribution is 2.24. The van der Waals surface area contributed by atoms with Crippen molar-refractivity contribution in [1.82, 2.24) is 0 Å². The number of hydrogen-bond donors (Lipinski definition) is 2. The second kappa shape index (κ2) is 3.42. The maximum Gasteiger partial charge on any atom is 0.253 e. The minimum atomic E-state index is -1.59. The van der Waals surface area contributed by atoms with Crippen LogP contribution in [0.2, 0.25) is 0 Å². The van der Waals surface area contributed by atoms with Crippen LogP contribution in [0.4, 0.5) is 0 Å². The van der Waals surface area contributed by atoms with E-state index in [1.54, 1.807) is 6.07 Å². The third kappa shape index (κ3) is 1.77. The predicted molar refractivity (Wildman–Crippen MR) is 54.7 cm³/mol. The first-order chi connectivity index (χ1) is 6.35. The molecule has 3 heteroatoms. The largest absolute Gasteiger partial charge is 0.376 e. The molecule has 0 saturated heterocycles. The molecule has 1 unspecified atom stereocenters. The lowest BCUT2D eigenvalue weighted by molar-refractivity contribution is -0.135. The molecule has 0 saturated carbocycles. The Morgan fingerprint density at radius 1 is 1.43 bits per heavy atom. The lowest BCUT2D eigenvalue weighted by Crippen LogP contribution is -2.38. The van der Waals surface area contributed by atoms with Gasteiger partial charge < -0.3 is 10.8 Å². The van der Waals surface area contributed by atoms with E-state index in [4.69, 9.17) is 5.73 Å². The number of aliphatic hydroxyl groups is 1. The summed E-state index contributed by atoms with van der Waals surface area (Å²) in [5.74, 6) is -0.732. The van der Waals surface area contributed by atoms with Gasteiger partial charge in [-0.15, -0.1) is 0 Å². The van der Waals surface area contributed by atoms with Crippen molar-refractivity contribution in [3.63, 3.8) is 0 Å². The molecular formula is C11H15NO2. The lowest BCUT2D eigenvalue weighted by atomic mass is 9.90. The maximum absolute atomic E-state index is 11.0. The third-order valence-electron chi connectivity index (χ3n) is 2.39. The maximum atomic E-state index is 11.0. The minimum Gasteiger partial charge on any atom is -0.376 e. The number of amides is 1. The van der Waals surface area contributed by atoms with Gasteiger partial charge in [0.1, 0.15) is 0 Å². The Bertz CT molecular complexity index is 370. The van der Waals surface area contributed by atoms with Crippen LogP contribution in [0.1, 0.15) is 23.6 Å². The van der Waals surface area contributed by atoms with Gasteiger partial charge in [0.05, 0.1) is 0 Å². The van der Waals surface area contributed by atoms with E-state index in [0.717, 1.165) is 11.1 Å². The average molecular weight is 193 g/mol. The van der Waals surface area contributed by atoms with Gasteiger partial charge in [-0.2, -0.15) is 0 Å². The molecule has 3 nitrogen and oxygen atoms in total. The van der Waals surface area contributed by atoms with Gasteiger partial charge in [0, 0.05) is 0 Å². The lowest BCUT2D eigenvalue weighted by Gasteiger charge is -2.22. The zero-order chi connectivity index (χ0) is 10.9. The summed E-state index contributed by atoms with van der Waals surface area (Å²) in [4.78, 5) is 11.0. The Morgan fingerprint density at radius 3 is 2.43 bits per heavy atom. The van der Waals surface area contributed by atoms with Crippen LogP contribution >= 0.6 is 0 Å². The number of primary amides is 1. The van der Waals surface area contributed by atoms with Crippen LogP contribution in [0.3, 0.4) is 0 Å². The molecule has 1 atom stereocenters. The Morgan fingerprint density at radius 2 is 2.00 bits per heavy atom. The van der Waals surface area contributed by atoms with E-state index >= 15 is 0 Å². The van der Waals surface area contributed by atoms with Crippen molar-refractivity contribution in [1.29, 1.82) is 0 Å². The average Bonchev–Trinajstić information content (AvgIpc) is 2.02. The smallest absolute Gasteiger partial charge is 0.253 e. The molecular weight excluding hydrogens is 178 g/mol. The van der Waals surface area contributed by atoms with Gasteiger partial charge in [-0.3, -0.25) is 4.79 Å². The van der Waals surface area contributed by atoms with E-state index in [9.17, 15) is 9.90 Å². The zero-order valence-electron chi connectivity index (χ0n) is 8.66. The van der Waals surface area contributed by atoms with Crippen molar-refractivity contribution in [2.24, 2.45) is 5.73 Å². The SMILES string of the molecule is Cc1ccc(C(C)(O)C(N)=O)c(C)c1. The highest BCUT2D eigenvalue weighted by atomic mass is 16.3. The van der Waals surface area contributed by atoms with E-state index in [1.807, 2.05) is 26.0 Å². The molecule has 1 rings (SSSR count). The fourth-order valence-electron chi connectivity index (χ4n) is 1.49. The van der Waals surface area contributed by atoms with Gasteiger partial charge in [0.2, 0.25) is 0 Å². The molecule has 1 aromatic rings. The molecule has 0 heterocycles. The Kier molecular flexibility index (Phi) is 2.62. The third-order valence-corrected chi connectivity index (χ3v) is 2.39. The zero-order valence-corrected chi connectivity index (χ0v) is 8.66. The second-order valence-electron chi connectivity index (χ2n) is 3.75. The first kappa shape index (κ1) is 10.7. The van der Waals surface area contributed by atoms with Crippen molar-refractivity contribution >= 4 is 5.91 Å². The van der Waals surface area contributed by atoms with Crippen molar-refractivity contribution in [3.05, 3.63) is 34.9 Å². The van der Waals surface area contributed by atoms with Crippen LogP contribution in [-0.2, 0) is 10.4 Å². The Balaban J connectivity index is 3.26. The molecule has 0 bridgehead atoms. The van der Waals surface area contributed by atoms with Gasteiger partial charge in [-0.05, 0) is 31.9 Å². The second-order valence-corrected chi connectivity index (χ2v) is 3.75. The first-order valence-electron chi connectivity index (χ1n) is 4.45. The summed E-state index contributed by atoms with van der Waals surface area (Å²) in [5, 5.41) is 9.86. The molecule has 0 aliphatic rings. The summed E-state index contributed by atoms with van der Waals surface area (Å²) < 4.78 is 0. The molecule has 0 aliphatic heterocycles. The number of benzene rings is 1. The van der Waals surface area contributed by atoms with Gasteiger partial charge >= 0.3 is 0 Å². The molecule has 0 aliphatic carbocycles. The summed E-state index contributed by atoms with van der Waals surface area (Å²) in [5.41, 5.74) is 6.06. The molecule has 76 valence electrons. The monoisotopic (exact) mass is 193 g/mol. The summed E-state index contributed by atoms with van der Waals surface area (Å²) in [6.07, 6.45) is 0. The minimum absolute atomic E-state index is 0.565. The van der Waals surface area contributed by atoms with Crippen molar-refractivity contribution in [2.45, 2.75) is 26.4 Å². The predicted octanol–water partition coefficient (Wildman–Crippen LogP) is 0.996. The van der Waals surface area contributed by atoms with Crippen LogP contribution in [0.15, 0.2) is 18.2 Å². The number of rotatable bonds is 2. The van der Waals surface area contributed by atoms with Crippen LogP contribution in [-0.4, -0.2) is 11.0 Å².